The molecule has 0 unspecified atom stereocenters. The highest BCUT2D eigenvalue weighted by Gasteiger charge is 2.17. The highest BCUT2D eigenvalue weighted by Crippen LogP contribution is 2.21. The second-order valence-corrected chi connectivity index (χ2v) is 9.95. The summed E-state index contributed by atoms with van der Waals surface area (Å²) in [7, 11) is 0. The molecule has 1 aliphatic rings. The number of likely N-dealkylation sites (tertiary alicyclic amines) is 1. The molecule has 0 radical (unpaired) electrons. The Hall–Kier alpha value is -3.78. The Morgan fingerprint density at radius 3 is 2.33 bits per heavy atom. The number of rotatable bonds is 8. The summed E-state index contributed by atoms with van der Waals surface area (Å²) >= 11 is 0. The lowest BCUT2D eigenvalue weighted by molar-refractivity contribution is -0.153. The number of carbonyl (C=O) groups excluding carboxylic acids is 2. The van der Waals surface area contributed by atoms with E-state index in [2.05, 4.69) is 37.6 Å². The van der Waals surface area contributed by atoms with Gasteiger partial charge in [0.1, 0.15) is 12.1 Å². The summed E-state index contributed by atoms with van der Waals surface area (Å²) in [5.41, 5.74) is 3.82. The van der Waals surface area contributed by atoms with Gasteiger partial charge in [-0.25, -0.2) is 9.97 Å². The number of nitrogens with zero attached hydrogens (tertiary/aromatic N) is 3. The third kappa shape index (κ3) is 7.36. The third-order valence-electron chi connectivity index (χ3n) is 5.73. The fraction of sp³-hybridized carbons (Fsp3) is 0.357. The standard InChI is InChI=1S/C28H33N5O3/c1-28(2,3)36-25(34)18-29-26(35)22-11-9-21(10-12-22)23-16-30-27(31-17-23)32-24-8-6-7-20(15-24)19-33-13-4-5-14-33/h6-12,15-17H,4-5,13-14,18-19H2,1-3H3,(H,29,35)(H,30,31,32). The Bertz CT molecular complexity index is 1180. The maximum atomic E-state index is 12.3. The number of esters is 1. The molecule has 0 saturated carbocycles. The maximum Gasteiger partial charge on any atom is 0.325 e. The average molecular weight is 488 g/mol. The van der Waals surface area contributed by atoms with Crippen molar-refractivity contribution in [1.82, 2.24) is 20.2 Å². The number of nitrogens with one attached hydrogen (secondary N) is 2. The van der Waals surface area contributed by atoms with Gasteiger partial charge in [0.2, 0.25) is 5.95 Å². The van der Waals surface area contributed by atoms with E-state index in [-0.39, 0.29) is 12.5 Å². The van der Waals surface area contributed by atoms with Crippen LogP contribution in [0.4, 0.5) is 11.6 Å². The molecule has 2 heterocycles. The molecule has 3 aromatic rings. The van der Waals surface area contributed by atoms with Crippen molar-refractivity contribution in [2.45, 2.75) is 45.8 Å². The molecule has 188 valence electrons. The van der Waals surface area contributed by atoms with Gasteiger partial charge in [-0.05, 0) is 82.1 Å². The Morgan fingerprint density at radius 1 is 0.972 bits per heavy atom. The summed E-state index contributed by atoms with van der Waals surface area (Å²) in [5.74, 6) is -0.290. The smallest absolute Gasteiger partial charge is 0.325 e. The summed E-state index contributed by atoms with van der Waals surface area (Å²) in [4.78, 5) is 35.5. The van der Waals surface area contributed by atoms with Crippen molar-refractivity contribution in [3.8, 4) is 11.1 Å². The van der Waals surface area contributed by atoms with Crippen LogP contribution in [-0.2, 0) is 16.1 Å². The van der Waals surface area contributed by atoms with Gasteiger partial charge in [-0.3, -0.25) is 14.5 Å². The number of amides is 1. The predicted molar refractivity (Wildman–Crippen MR) is 140 cm³/mol. The second-order valence-electron chi connectivity index (χ2n) is 9.95. The molecule has 1 saturated heterocycles. The topological polar surface area (TPSA) is 96.4 Å². The number of hydrogen-bond acceptors (Lipinski definition) is 7. The Kier molecular flexibility index (Phi) is 7.95. The van der Waals surface area contributed by atoms with Crippen LogP contribution in [0.2, 0.25) is 0 Å². The number of aromatic nitrogens is 2. The van der Waals surface area contributed by atoms with E-state index >= 15 is 0 Å². The van der Waals surface area contributed by atoms with E-state index in [1.165, 1.54) is 31.5 Å². The van der Waals surface area contributed by atoms with Gasteiger partial charge in [0, 0.05) is 35.8 Å². The van der Waals surface area contributed by atoms with Crippen molar-refractivity contribution in [3.05, 3.63) is 72.1 Å². The van der Waals surface area contributed by atoms with E-state index in [0.717, 1.165) is 23.4 Å². The highest BCUT2D eigenvalue weighted by molar-refractivity contribution is 5.96. The minimum absolute atomic E-state index is 0.179. The van der Waals surface area contributed by atoms with E-state index in [0.29, 0.717) is 11.5 Å². The van der Waals surface area contributed by atoms with Crippen LogP contribution < -0.4 is 10.6 Å². The molecule has 1 aromatic heterocycles. The first-order valence-electron chi connectivity index (χ1n) is 12.3. The highest BCUT2D eigenvalue weighted by atomic mass is 16.6. The Balaban J connectivity index is 1.32. The molecule has 2 aromatic carbocycles. The zero-order chi connectivity index (χ0) is 25.5. The van der Waals surface area contributed by atoms with Crippen LogP contribution in [0.15, 0.2) is 60.9 Å². The number of anilines is 2. The number of carbonyl (C=O) groups is 2. The molecule has 0 aliphatic carbocycles. The lowest BCUT2D eigenvalue weighted by Crippen LogP contribution is -2.34. The predicted octanol–water partition coefficient (Wildman–Crippen LogP) is 4.55. The molecule has 8 heteroatoms. The number of hydrogen-bond donors (Lipinski definition) is 2. The van der Waals surface area contributed by atoms with E-state index in [1.54, 1.807) is 45.3 Å². The second kappa shape index (κ2) is 11.3. The molecular weight excluding hydrogens is 454 g/mol. The van der Waals surface area contributed by atoms with Crippen LogP contribution in [0, 0.1) is 0 Å². The number of ether oxygens (including phenoxy) is 1. The summed E-state index contributed by atoms with van der Waals surface area (Å²) in [6, 6.07) is 15.4. The van der Waals surface area contributed by atoms with Crippen LogP contribution in [0.1, 0.15) is 49.5 Å². The lowest BCUT2D eigenvalue weighted by Gasteiger charge is -2.19. The van der Waals surface area contributed by atoms with Gasteiger partial charge in [0.15, 0.2) is 0 Å². The van der Waals surface area contributed by atoms with Crippen LogP contribution in [0.3, 0.4) is 0 Å². The summed E-state index contributed by atoms with van der Waals surface area (Å²) < 4.78 is 5.21. The molecular formula is C28H33N5O3. The van der Waals surface area contributed by atoms with Crippen molar-refractivity contribution in [2.75, 3.05) is 25.0 Å². The molecule has 0 spiro atoms. The monoisotopic (exact) mass is 487 g/mol. The van der Waals surface area contributed by atoms with Crippen molar-refractivity contribution in [2.24, 2.45) is 0 Å². The normalized spacial score (nSPS) is 13.9. The van der Waals surface area contributed by atoms with E-state index < -0.39 is 11.6 Å². The van der Waals surface area contributed by atoms with Crippen molar-refractivity contribution in [3.63, 3.8) is 0 Å². The fourth-order valence-electron chi connectivity index (χ4n) is 4.06. The quantitative estimate of drug-likeness (QED) is 0.450. The van der Waals surface area contributed by atoms with Gasteiger partial charge in [-0.1, -0.05) is 24.3 Å². The minimum atomic E-state index is -0.589. The zero-order valence-corrected chi connectivity index (χ0v) is 21.1. The van der Waals surface area contributed by atoms with Gasteiger partial charge in [-0.15, -0.1) is 0 Å². The zero-order valence-electron chi connectivity index (χ0n) is 21.1. The lowest BCUT2D eigenvalue weighted by atomic mass is 10.1. The first-order chi connectivity index (χ1) is 17.2. The molecule has 36 heavy (non-hydrogen) atoms. The maximum absolute atomic E-state index is 12.3. The Morgan fingerprint density at radius 2 is 1.67 bits per heavy atom. The average Bonchev–Trinajstić information content (AvgIpc) is 3.35. The number of benzene rings is 2. The van der Waals surface area contributed by atoms with Crippen LogP contribution in [-0.4, -0.2) is 52.0 Å². The third-order valence-corrected chi connectivity index (χ3v) is 5.73. The van der Waals surface area contributed by atoms with Crippen LogP contribution in [0.25, 0.3) is 11.1 Å². The fourth-order valence-corrected chi connectivity index (χ4v) is 4.06. The Labute approximate surface area is 212 Å². The van der Waals surface area contributed by atoms with Crippen LogP contribution in [0.5, 0.6) is 0 Å². The molecule has 4 rings (SSSR count). The first-order valence-corrected chi connectivity index (χ1v) is 12.3. The van der Waals surface area contributed by atoms with Gasteiger partial charge in [-0.2, -0.15) is 0 Å². The van der Waals surface area contributed by atoms with Crippen molar-refractivity contribution >= 4 is 23.5 Å². The molecule has 8 nitrogen and oxygen atoms in total. The molecule has 1 amide bonds. The summed E-state index contributed by atoms with van der Waals surface area (Å²) in [6.45, 7) is 8.47. The molecule has 0 atom stereocenters. The largest absolute Gasteiger partial charge is 0.459 e. The summed E-state index contributed by atoms with van der Waals surface area (Å²) in [6.07, 6.45) is 6.06. The van der Waals surface area contributed by atoms with E-state index in [9.17, 15) is 9.59 Å². The van der Waals surface area contributed by atoms with Crippen molar-refractivity contribution < 1.29 is 14.3 Å². The van der Waals surface area contributed by atoms with E-state index in [4.69, 9.17) is 4.74 Å². The molecule has 0 bridgehead atoms. The van der Waals surface area contributed by atoms with Crippen molar-refractivity contribution in [1.29, 1.82) is 0 Å². The first kappa shape index (κ1) is 25.3. The minimum Gasteiger partial charge on any atom is -0.459 e. The van der Waals surface area contributed by atoms with E-state index in [1.807, 2.05) is 24.3 Å². The SMILES string of the molecule is CC(C)(C)OC(=O)CNC(=O)c1ccc(-c2cnc(Nc3cccc(CN4CCCC4)c3)nc2)cc1. The molecule has 1 aliphatic heterocycles. The van der Waals surface area contributed by atoms with Gasteiger partial charge in [0.25, 0.3) is 5.91 Å². The van der Waals surface area contributed by atoms with Gasteiger partial charge < -0.3 is 15.4 Å². The molecule has 2 N–H and O–H groups in total. The van der Waals surface area contributed by atoms with Gasteiger partial charge in [0.05, 0.1) is 0 Å². The molecule has 1 fully saturated rings. The summed E-state index contributed by atoms with van der Waals surface area (Å²) in [5, 5.41) is 5.86. The van der Waals surface area contributed by atoms with Crippen LogP contribution >= 0.6 is 0 Å². The van der Waals surface area contributed by atoms with Gasteiger partial charge >= 0.3 is 5.97 Å².